The lowest BCUT2D eigenvalue weighted by atomic mass is 9.80. The Labute approximate surface area is 228 Å². The van der Waals surface area contributed by atoms with Crippen LogP contribution in [0.1, 0.15) is 41.9 Å². The molecule has 1 aliphatic carbocycles. The number of nitrogens with zero attached hydrogens (tertiary/aromatic N) is 4. The third-order valence-electron chi connectivity index (χ3n) is 8.25. The molecule has 2 atom stereocenters. The van der Waals surface area contributed by atoms with Gasteiger partial charge in [-0.15, -0.1) is 0 Å². The minimum absolute atomic E-state index is 0.00660. The Morgan fingerprint density at radius 3 is 2.67 bits per heavy atom. The molecule has 1 N–H and O–H groups in total. The Morgan fingerprint density at radius 1 is 1.10 bits per heavy atom. The maximum absolute atomic E-state index is 14.2. The number of benzene rings is 2. The monoisotopic (exact) mass is 519 g/mol. The van der Waals surface area contributed by atoms with Crippen LogP contribution in [0.4, 0.5) is 5.69 Å². The first kappa shape index (κ1) is 25.1. The normalized spacial score (nSPS) is 19.1. The number of aromatic nitrogens is 2. The van der Waals surface area contributed by atoms with E-state index in [2.05, 4.69) is 39.1 Å². The van der Waals surface area contributed by atoms with E-state index in [9.17, 15) is 9.59 Å². The van der Waals surface area contributed by atoms with Crippen LogP contribution in [0.25, 0.3) is 15.7 Å². The number of aryl methyl sites for hydroxylation is 1. The fraction of sp³-hybridized carbons (Fsp3) is 0.344. The minimum Gasteiger partial charge on any atom is -0.344 e. The average molecular weight is 520 g/mol. The summed E-state index contributed by atoms with van der Waals surface area (Å²) in [6.45, 7) is 10.4. The second-order valence-corrected chi connectivity index (χ2v) is 10.9. The molecule has 1 amide bonds. The second kappa shape index (κ2) is 10.5. The Balaban J connectivity index is 1.35. The number of carbonyl (C=O) groups excluding carboxylic acids is 1. The zero-order valence-corrected chi connectivity index (χ0v) is 22.2. The number of rotatable bonds is 7. The number of nitrogens with one attached hydrogen (secondary N) is 1. The number of piperidine rings is 1. The standard InChI is InChI=1S/C32H33N5O2/c1-33-28-9-6-10-29-31(28)24(20-36(29)19-22-7-4-3-5-8-22)21-37(25-11-12-25)32(39)27-18-34-15-13-26(27)23-14-16-35(2)30(38)17-23/h3-10,14,16-17,20,25-27,34H,11-13,15,18-19,21H2,2H3/t26?,27-/m0/s1. The van der Waals surface area contributed by atoms with Crippen LogP contribution < -0.4 is 10.9 Å². The van der Waals surface area contributed by atoms with Crippen molar-refractivity contribution in [3.8, 4) is 0 Å². The molecule has 3 heterocycles. The molecule has 2 aromatic heterocycles. The quantitative estimate of drug-likeness (QED) is 0.356. The third kappa shape index (κ3) is 5.00. The van der Waals surface area contributed by atoms with Gasteiger partial charge in [0.05, 0.1) is 12.5 Å². The van der Waals surface area contributed by atoms with Crippen LogP contribution in [-0.4, -0.2) is 39.1 Å². The Hall–Kier alpha value is -4.15. The Morgan fingerprint density at radius 2 is 1.92 bits per heavy atom. The summed E-state index contributed by atoms with van der Waals surface area (Å²) in [5, 5.41) is 4.36. The van der Waals surface area contributed by atoms with E-state index >= 15 is 0 Å². The summed E-state index contributed by atoms with van der Waals surface area (Å²) < 4.78 is 3.77. The summed E-state index contributed by atoms with van der Waals surface area (Å²) >= 11 is 0. The van der Waals surface area contributed by atoms with E-state index in [4.69, 9.17) is 6.57 Å². The molecule has 0 bridgehead atoms. The van der Waals surface area contributed by atoms with E-state index in [1.807, 2.05) is 41.3 Å². The topological polar surface area (TPSA) is 63.6 Å². The molecule has 7 heteroatoms. The second-order valence-electron chi connectivity index (χ2n) is 10.9. The number of pyridine rings is 1. The van der Waals surface area contributed by atoms with Crippen molar-refractivity contribution in [1.29, 1.82) is 0 Å². The van der Waals surface area contributed by atoms with Gasteiger partial charge in [0.25, 0.3) is 5.56 Å². The van der Waals surface area contributed by atoms with Crippen LogP contribution in [-0.2, 0) is 24.9 Å². The summed E-state index contributed by atoms with van der Waals surface area (Å²) in [5.41, 5.74) is 4.74. The molecular formula is C32H33N5O2. The zero-order valence-electron chi connectivity index (χ0n) is 22.2. The molecule has 39 heavy (non-hydrogen) atoms. The van der Waals surface area contributed by atoms with E-state index in [-0.39, 0.29) is 29.3 Å². The molecule has 0 radical (unpaired) electrons. The fourth-order valence-corrected chi connectivity index (χ4v) is 6.02. The van der Waals surface area contributed by atoms with Gasteiger partial charge in [-0.05, 0) is 60.5 Å². The van der Waals surface area contributed by atoms with Crippen LogP contribution in [0, 0.1) is 12.5 Å². The fourth-order valence-electron chi connectivity index (χ4n) is 6.02. The molecule has 198 valence electrons. The zero-order chi connectivity index (χ0) is 26.9. The maximum Gasteiger partial charge on any atom is 0.250 e. The largest absolute Gasteiger partial charge is 0.344 e. The first-order chi connectivity index (χ1) is 19.0. The van der Waals surface area contributed by atoms with Gasteiger partial charge in [-0.3, -0.25) is 9.59 Å². The van der Waals surface area contributed by atoms with Crippen molar-refractivity contribution in [2.24, 2.45) is 13.0 Å². The maximum atomic E-state index is 14.2. The molecule has 2 aliphatic rings. The lowest BCUT2D eigenvalue weighted by Gasteiger charge is -2.35. The van der Waals surface area contributed by atoms with E-state index in [1.165, 1.54) is 5.56 Å². The van der Waals surface area contributed by atoms with Gasteiger partial charge in [-0.2, -0.15) is 0 Å². The van der Waals surface area contributed by atoms with E-state index in [1.54, 1.807) is 23.9 Å². The van der Waals surface area contributed by atoms with Crippen molar-refractivity contribution in [3.05, 3.63) is 112 Å². The number of amides is 1. The SMILES string of the molecule is [C-]#[N+]c1cccc2c1c(CN(C(=O)[C@H]1CNCCC1c1ccn(C)c(=O)c1)C1CC1)cn2Cc1ccccc1. The van der Waals surface area contributed by atoms with Crippen LogP contribution in [0.2, 0.25) is 0 Å². The minimum atomic E-state index is -0.232. The number of fused-ring (bicyclic) bond motifs is 1. The molecule has 2 fully saturated rings. The first-order valence-corrected chi connectivity index (χ1v) is 13.7. The predicted octanol–water partition coefficient (Wildman–Crippen LogP) is 4.82. The summed E-state index contributed by atoms with van der Waals surface area (Å²) in [6, 6.07) is 20.1. The van der Waals surface area contributed by atoms with E-state index in [0.717, 1.165) is 47.8 Å². The summed E-state index contributed by atoms with van der Waals surface area (Å²) in [4.78, 5) is 32.5. The van der Waals surface area contributed by atoms with Crippen LogP contribution in [0.3, 0.4) is 0 Å². The van der Waals surface area contributed by atoms with Crippen molar-refractivity contribution in [1.82, 2.24) is 19.4 Å². The van der Waals surface area contributed by atoms with Crippen molar-refractivity contribution >= 4 is 22.5 Å². The first-order valence-electron chi connectivity index (χ1n) is 13.7. The van der Waals surface area contributed by atoms with E-state index in [0.29, 0.717) is 25.3 Å². The lowest BCUT2D eigenvalue weighted by molar-refractivity contribution is -0.138. The number of hydrogen-bond acceptors (Lipinski definition) is 3. The van der Waals surface area contributed by atoms with Gasteiger partial charge in [-0.1, -0.05) is 42.5 Å². The highest BCUT2D eigenvalue weighted by atomic mass is 16.2. The molecule has 2 aromatic carbocycles. The third-order valence-corrected chi connectivity index (χ3v) is 8.25. The lowest BCUT2D eigenvalue weighted by Crippen LogP contribution is -2.47. The predicted molar refractivity (Wildman–Crippen MR) is 153 cm³/mol. The van der Waals surface area contributed by atoms with Crippen LogP contribution in [0.15, 0.2) is 77.9 Å². The number of hydrogen-bond donors (Lipinski definition) is 1. The molecule has 1 saturated carbocycles. The van der Waals surface area contributed by atoms with E-state index < -0.39 is 0 Å². The highest BCUT2D eigenvalue weighted by Gasteiger charge is 2.40. The highest BCUT2D eigenvalue weighted by molar-refractivity contribution is 5.96. The molecule has 1 saturated heterocycles. The molecule has 6 rings (SSSR count). The summed E-state index contributed by atoms with van der Waals surface area (Å²) in [7, 11) is 1.75. The van der Waals surface area contributed by atoms with Gasteiger partial charge in [-0.25, -0.2) is 4.85 Å². The van der Waals surface area contributed by atoms with Gasteiger partial charge in [0.2, 0.25) is 5.91 Å². The van der Waals surface area contributed by atoms with Crippen molar-refractivity contribution < 1.29 is 4.79 Å². The van der Waals surface area contributed by atoms with Gasteiger partial charge in [0.15, 0.2) is 5.69 Å². The average Bonchev–Trinajstić information content (AvgIpc) is 3.76. The summed E-state index contributed by atoms with van der Waals surface area (Å²) in [5.74, 6) is -0.0868. The van der Waals surface area contributed by atoms with Gasteiger partial charge in [0, 0.05) is 62.1 Å². The van der Waals surface area contributed by atoms with Gasteiger partial charge in [0.1, 0.15) is 0 Å². The van der Waals surface area contributed by atoms with Crippen molar-refractivity contribution in [2.75, 3.05) is 13.1 Å². The number of carbonyl (C=O) groups is 1. The van der Waals surface area contributed by atoms with Gasteiger partial charge >= 0.3 is 0 Å². The van der Waals surface area contributed by atoms with Gasteiger partial charge < -0.3 is 19.4 Å². The highest BCUT2D eigenvalue weighted by Crippen LogP contribution is 2.38. The van der Waals surface area contributed by atoms with Crippen molar-refractivity contribution in [2.45, 2.75) is 44.3 Å². The molecule has 1 unspecified atom stereocenters. The molecular weight excluding hydrogens is 486 g/mol. The Bertz CT molecular complexity index is 1610. The summed E-state index contributed by atoms with van der Waals surface area (Å²) in [6.07, 6.45) is 6.75. The Kier molecular flexibility index (Phi) is 6.80. The molecule has 0 spiro atoms. The molecule has 1 aliphatic heterocycles. The van der Waals surface area contributed by atoms with Crippen molar-refractivity contribution in [3.63, 3.8) is 0 Å². The van der Waals surface area contributed by atoms with Crippen LogP contribution >= 0.6 is 0 Å². The molecule has 4 aromatic rings. The smallest absolute Gasteiger partial charge is 0.250 e. The molecule has 7 nitrogen and oxygen atoms in total. The van der Waals surface area contributed by atoms with Crippen LogP contribution in [0.5, 0.6) is 0 Å².